The van der Waals surface area contributed by atoms with Gasteiger partial charge in [-0.2, -0.15) is 0 Å². The zero-order chi connectivity index (χ0) is 12.3. The van der Waals surface area contributed by atoms with Gasteiger partial charge < -0.3 is 9.88 Å². The summed E-state index contributed by atoms with van der Waals surface area (Å²) >= 11 is 0. The topological polar surface area (TPSA) is 73.0 Å². The van der Waals surface area contributed by atoms with Crippen LogP contribution in [0.5, 0.6) is 0 Å². The van der Waals surface area contributed by atoms with Gasteiger partial charge in [0.25, 0.3) is 5.69 Å². The number of rotatable bonds is 4. The third-order valence-corrected chi connectivity index (χ3v) is 2.45. The molecule has 6 heteroatoms. The molecule has 1 N–H and O–H groups in total. The number of imidazole rings is 1. The quantitative estimate of drug-likeness (QED) is 0.645. The maximum absolute atomic E-state index is 10.8. The molecule has 0 aliphatic rings. The summed E-state index contributed by atoms with van der Waals surface area (Å²) < 4.78 is 1.90. The van der Waals surface area contributed by atoms with Gasteiger partial charge in [-0.05, 0) is 11.6 Å². The Balaban J connectivity index is 2.28. The van der Waals surface area contributed by atoms with E-state index in [-0.39, 0.29) is 5.69 Å². The predicted molar refractivity (Wildman–Crippen MR) is 64.0 cm³/mol. The third-order valence-electron chi connectivity index (χ3n) is 2.45. The highest BCUT2D eigenvalue weighted by atomic mass is 16.6. The Hall–Kier alpha value is -2.37. The van der Waals surface area contributed by atoms with Crippen molar-refractivity contribution >= 4 is 11.4 Å². The van der Waals surface area contributed by atoms with Gasteiger partial charge in [-0.3, -0.25) is 10.1 Å². The smallest absolute Gasteiger partial charge is 0.292 e. The maximum Gasteiger partial charge on any atom is 0.292 e. The Morgan fingerprint density at radius 3 is 2.94 bits per heavy atom. The first-order valence-electron chi connectivity index (χ1n) is 5.11. The van der Waals surface area contributed by atoms with E-state index < -0.39 is 4.92 Å². The second-order valence-electron chi connectivity index (χ2n) is 3.59. The predicted octanol–water partition coefficient (Wildman–Crippen LogP) is 1.88. The lowest BCUT2D eigenvalue weighted by Gasteiger charge is -2.06. The van der Waals surface area contributed by atoms with Gasteiger partial charge in [-0.15, -0.1) is 0 Å². The number of nitro benzene ring substituents is 1. The summed E-state index contributed by atoms with van der Waals surface area (Å²) in [6.45, 7) is 0.646. The summed E-state index contributed by atoms with van der Waals surface area (Å²) in [4.78, 5) is 14.3. The molecule has 0 amide bonds. The Kier molecular flexibility index (Phi) is 3.04. The average Bonchev–Trinajstić information content (AvgIpc) is 2.81. The summed E-state index contributed by atoms with van der Waals surface area (Å²) in [5, 5.41) is 13.6. The molecule has 0 saturated heterocycles. The van der Waals surface area contributed by atoms with Gasteiger partial charge in [-0.25, -0.2) is 4.98 Å². The van der Waals surface area contributed by atoms with E-state index in [9.17, 15) is 10.1 Å². The van der Waals surface area contributed by atoms with E-state index in [0.717, 1.165) is 5.56 Å². The van der Waals surface area contributed by atoms with Gasteiger partial charge in [0.05, 0.1) is 11.3 Å². The molecule has 0 bridgehead atoms. The van der Waals surface area contributed by atoms with E-state index in [1.807, 2.05) is 10.8 Å². The van der Waals surface area contributed by atoms with Crippen molar-refractivity contribution in [3.05, 3.63) is 52.6 Å². The molecular weight excluding hydrogens is 220 g/mol. The summed E-state index contributed by atoms with van der Waals surface area (Å²) in [6, 6.07) is 5.04. The van der Waals surface area contributed by atoms with Gasteiger partial charge in [-0.1, -0.05) is 6.07 Å². The van der Waals surface area contributed by atoms with E-state index >= 15 is 0 Å². The molecular formula is C11H12N4O2. The van der Waals surface area contributed by atoms with Gasteiger partial charge >= 0.3 is 0 Å². The summed E-state index contributed by atoms with van der Waals surface area (Å²) in [7, 11) is 1.67. The lowest BCUT2D eigenvalue weighted by molar-refractivity contribution is -0.383. The van der Waals surface area contributed by atoms with Crippen LogP contribution in [0.25, 0.3) is 0 Å². The number of hydrogen-bond donors (Lipinski definition) is 1. The standard InChI is InChI=1S/C11H12N4O2/c1-12-10-6-9(2-3-11(10)15(16)17)7-14-5-4-13-8-14/h2-6,8,12H,7H2,1H3. The SMILES string of the molecule is CNc1cc(Cn2ccnc2)ccc1[N+](=O)[O-]. The number of aromatic nitrogens is 2. The molecule has 1 aromatic carbocycles. The van der Waals surface area contributed by atoms with Crippen molar-refractivity contribution in [3.8, 4) is 0 Å². The van der Waals surface area contributed by atoms with Crippen LogP contribution in [-0.2, 0) is 6.54 Å². The molecule has 0 spiro atoms. The van der Waals surface area contributed by atoms with Gasteiger partial charge in [0.2, 0.25) is 0 Å². The van der Waals surface area contributed by atoms with Gasteiger partial charge in [0.15, 0.2) is 0 Å². The molecule has 2 rings (SSSR count). The second-order valence-corrected chi connectivity index (χ2v) is 3.59. The zero-order valence-corrected chi connectivity index (χ0v) is 9.33. The van der Waals surface area contributed by atoms with Crippen molar-refractivity contribution in [1.82, 2.24) is 9.55 Å². The Bertz CT molecular complexity index is 522. The number of anilines is 1. The molecule has 0 aliphatic carbocycles. The Labute approximate surface area is 98.1 Å². The Morgan fingerprint density at radius 1 is 1.53 bits per heavy atom. The van der Waals surface area contributed by atoms with E-state index in [1.54, 1.807) is 31.7 Å². The summed E-state index contributed by atoms with van der Waals surface area (Å²) in [5.41, 5.74) is 1.59. The van der Waals surface area contributed by atoms with Crippen molar-refractivity contribution < 1.29 is 4.92 Å². The van der Waals surface area contributed by atoms with E-state index in [0.29, 0.717) is 12.2 Å². The minimum atomic E-state index is -0.396. The van der Waals surface area contributed by atoms with Crippen LogP contribution in [0.1, 0.15) is 5.56 Å². The molecule has 1 heterocycles. The molecule has 0 fully saturated rings. The number of nitrogens with zero attached hydrogens (tertiary/aromatic N) is 3. The van der Waals surface area contributed by atoms with Crippen LogP contribution in [0.3, 0.4) is 0 Å². The molecule has 0 aliphatic heterocycles. The molecule has 0 saturated carbocycles. The van der Waals surface area contributed by atoms with Crippen LogP contribution in [0.4, 0.5) is 11.4 Å². The molecule has 1 aromatic heterocycles. The maximum atomic E-state index is 10.8. The molecule has 0 atom stereocenters. The number of nitro groups is 1. The first kappa shape index (κ1) is 11.1. The minimum absolute atomic E-state index is 0.0851. The molecule has 88 valence electrons. The van der Waals surface area contributed by atoms with Crippen LogP contribution in [0.15, 0.2) is 36.9 Å². The van der Waals surface area contributed by atoms with Crippen molar-refractivity contribution in [2.75, 3.05) is 12.4 Å². The van der Waals surface area contributed by atoms with Crippen molar-refractivity contribution in [2.45, 2.75) is 6.54 Å². The highest BCUT2D eigenvalue weighted by molar-refractivity contribution is 5.62. The first-order valence-corrected chi connectivity index (χ1v) is 5.11. The van der Waals surface area contributed by atoms with E-state index in [2.05, 4.69) is 10.3 Å². The van der Waals surface area contributed by atoms with Crippen molar-refractivity contribution in [1.29, 1.82) is 0 Å². The summed E-state index contributed by atoms with van der Waals surface area (Å²) in [6.07, 6.45) is 5.26. The van der Waals surface area contributed by atoms with Crippen molar-refractivity contribution in [2.24, 2.45) is 0 Å². The Morgan fingerprint density at radius 2 is 2.35 bits per heavy atom. The monoisotopic (exact) mass is 232 g/mol. The number of hydrogen-bond acceptors (Lipinski definition) is 4. The largest absolute Gasteiger partial charge is 0.383 e. The molecule has 6 nitrogen and oxygen atoms in total. The van der Waals surface area contributed by atoms with E-state index in [1.165, 1.54) is 6.07 Å². The number of benzene rings is 1. The van der Waals surface area contributed by atoms with E-state index in [4.69, 9.17) is 0 Å². The fraction of sp³-hybridized carbons (Fsp3) is 0.182. The van der Waals surface area contributed by atoms with Crippen LogP contribution in [0, 0.1) is 10.1 Å². The summed E-state index contributed by atoms with van der Waals surface area (Å²) in [5.74, 6) is 0. The van der Waals surface area contributed by atoms with Crippen LogP contribution in [0.2, 0.25) is 0 Å². The minimum Gasteiger partial charge on any atom is -0.383 e. The second kappa shape index (κ2) is 4.65. The van der Waals surface area contributed by atoms with Gasteiger partial charge in [0, 0.05) is 32.1 Å². The molecule has 0 radical (unpaired) electrons. The molecule has 2 aromatic rings. The van der Waals surface area contributed by atoms with Crippen LogP contribution in [-0.4, -0.2) is 21.5 Å². The number of nitrogens with one attached hydrogen (secondary N) is 1. The lowest BCUT2D eigenvalue weighted by atomic mass is 10.1. The van der Waals surface area contributed by atoms with Crippen LogP contribution < -0.4 is 5.32 Å². The molecule has 0 unspecified atom stereocenters. The molecule has 17 heavy (non-hydrogen) atoms. The zero-order valence-electron chi connectivity index (χ0n) is 9.33. The normalized spacial score (nSPS) is 10.2. The van der Waals surface area contributed by atoms with Gasteiger partial charge in [0.1, 0.15) is 5.69 Å². The lowest BCUT2D eigenvalue weighted by Crippen LogP contribution is -2.00. The highest BCUT2D eigenvalue weighted by Gasteiger charge is 2.12. The average molecular weight is 232 g/mol. The fourth-order valence-corrected chi connectivity index (χ4v) is 1.63. The highest BCUT2D eigenvalue weighted by Crippen LogP contribution is 2.25. The fourth-order valence-electron chi connectivity index (χ4n) is 1.63. The van der Waals surface area contributed by atoms with Crippen molar-refractivity contribution in [3.63, 3.8) is 0 Å². The third kappa shape index (κ3) is 2.41. The first-order chi connectivity index (χ1) is 8.20. The van der Waals surface area contributed by atoms with Crippen LogP contribution >= 0.6 is 0 Å².